The summed E-state index contributed by atoms with van der Waals surface area (Å²) in [5.41, 5.74) is 6.20. The SMILES string of the molecule is NC(CCO)c1ccc(-c2ccccc2[N+](=O)[O-])o1. The molecule has 0 spiro atoms. The van der Waals surface area contributed by atoms with E-state index in [9.17, 15) is 10.1 Å². The van der Waals surface area contributed by atoms with Crippen LogP contribution in [0.2, 0.25) is 0 Å². The molecule has 0 amide bonds. The minimum absolute atomic E-state index is 0.0147. The summed E-state index contributed by atoms with van der Waals surface area (Å²) < 4.78 is 5.53. The van der Waals surface area contributed by atoms with Crippen LogP contribution >= 0.6 is 0 Å². The van der Waals surface area contributed by atoms with Gasteiger partial charge in [0.2, 0.25) is 0 Å². The van der Waals surface area contributed by atoms with E-state index in [4.69, 9.17) is 15.3 Å². The Kier molecular flexibility index (Phi) is 3.94. The average molecular weight is 262 g/mol. The van der Waals surface area contributed by atoms with Gasteiger partial charge in [-0.3, -0.25) is 10.1 Å². The van der Waals surface area contributed by atoms with E-state index in [1.165, 1.54) is 6.07 Å². The van der Waals surface area contributed by atoms with Gasteiger partial charge in [-0.15, -0.1) is 0 Å². The van der Waals surface area contributed by atoms with E-state index in [2.05, 4.69) is 0 Å². The lowest BCUT2D eigenvalue weighted by Gasteiger charge is -2.05. The Morgan fingerprint density at radius 3 is 2.74 bits per heavy atom. The molecule has 3 N–H and O–H groups in total. The second-order valence-electron chi connectivity index (χ2n) is 4.10. The highest BCUT2D eigenvalue weighted by Crippen LogP contribution is 2.32. The zero-order chi connectivity index (χ0) is 13.8. The molecule has 100 valence electrons. The lowest BCUT2D eigenvalue weighted by atomic mass is 10.1. The predicted octanol–water partition coefficient (Wildman–Crippen LogP) is 2.24. The Morgan fingerprint density at radius 2 is 2.05 bits per heavy atom. The van der Waals surface area contributed by atoms with Crippen LogP contribution in [-0.2, 0) is 0 Å². The first-order valence-corrected chi connectivity index (χ1v) is 5.83. The van der Waals surface area contributed by atoms with Crippen LogP contribution in [0.1, 0.15) is 18.2 Å². The predicted molar refractivity (Wildman–Crippen MR) is 69.4 cm³/mol. The fourth-order valence-electron chi connectivity index (χ4n) is 1.82. The van der Waals surface area contributed by atoms with Gasteiger partial charge in [-0.05, 0) is 24.6 Å². The highest BCUT2D eigenvalue weighted by Gasteiger charge is 2.18. The number of nitro benzene ring substituents is 1. The largest absolute Gasteiger partial charge is 0.459 e. The smallest absolute Gasteiger partial charge is 0.280 e. The first kappa shape index (κ1) is 13.3. The van der Waals surface area contributed by atoms with Crippen molar-refractivity contribution in [3.05, 3.63) is 52.3 Å². The van der Waals surface area contributed by atoms with Gasteiger partial charge in [0.05, 0.1) is 16.5 Å². The molecule has 0 saturated heterocycles. The molecular weight excluding hydrogens is 248 g/mol. The Hall–Kier alpha value is -2.18. The summed E-state index contributed by atoms with van der Waals surface area (Å²) in [4.78, 5) is 10.5. The monoisotopic (exact) mass is 262 g/mol. The fraction of sp³-hybridized carbons (Fsp3) is 0.231. The number of nitrogens with two attached hydrogens (primary N) is 1. The number of benzene rings is 1. The van der Waals surface area contributed by atoms with Crippen molar-refractivity contribution in [2.45, 2.75) is 12.5 Å². The molecule has 0 aliphatic carbocycles. The maximum Gasteiger partial charge on any atom is 0.280 e. The van der Waals surface area contributed by atoms with Crippen LogP contribution in [0.25, 0.3) is 11.3 Å². The van der Waals surface area contributed by atoms with Crippen molar-refractivity contribution in [3.63, 3.8) is 0 Å². The lowest BCUT2D eigenvalue weighted by molar-refractivity contribution is -0.384. The second kappa shape index (κ2) is 5.64. The molecule has 1 aromatic heterocycles. The van der Waals surface area contributed by atoms with E-state index in [0.29, 0.717) is 23.5 Å². The minimum Gasteiger partial charge on any atom is -0.459 e. The Labute approximate surface area is 109 Å². The number of aliphatic hydroxyl groups is 1. The first-order chi connectivity index (χ1) is 9.13. The highest BCUT2D eigenvalue weighted by molar-refractivity contribution is 5.69. The lowest BCUT2D eigenvalue weighted by Crippen LogP contribution is -2.10. The molecule has 0 fully saturated rings. The summed E-state index contributed by atoms with van der Waals surface area (Å²) in [6.07, 6.45) is 0.379. The van der Waals surface area contributed by atoms with Gasteiger partial charge < -0.3 is 15.3 Å². The standard InChI is InChI=1S/C13H14N2O4/c14-10(7-8-16)13-6-5-12(19-13)9-3-1-2-4-11(9)15(17)18/h1-6,10,16H,7-8,14H2. The third kappa shape index (κ3) is 2.81. The van der Waals surface area contributed by atoms with E-state index in [0.717, 1.165) is 0 Å². The van der Waals surface area contributed by atoms with Gasteiger partial charge in [-0.25, -0.2) is 0 Å². The van der Waals surface area contributed by atoms with Crippen LogP contribution in [-0.4, -0.2) is 16.6 Å². The molecule has 1 unspecified atom stereocenters. The molecule has 0 radical (unpaired) electrons. The zero-order valence-corrected chi connectivity index (χ0v) is 10.2. The molecule has 0 aliphatic heterocycles. The summed E-state index contributed by atoms with van der Waals surface area (Å²) in [6, 6.07) is 9.26. The normalized spacial score (nSPS) is 12.3. The highest BCUT2D eigenvalue weighted by atomic mass is 16.6. The molecule has 0 aliphatic rings. The van der Waals surface area contributed by atoms with Gasteiger partial charge in [-0.2, -0.15) is 0 Å². The maximum absolute atomic E-state index is 10.9. The number of nitrogens with zero attached hydrogens (tertiary/aromatic N) is 1. The second-order valence-corrected chi connectivity index (χ2v) is 4.10. The number of nitro groups is 1. The van der Waals surface area contributed by atoms with Crippen molar-refractivity contribution in [1.82, 2.24) is 0 Å². The van der Waals surface area contributed by atoms with E-state index in [-0.39, 0.29) is 12.3 Å². The number of hydrogen-bond acceptors (Lipinski definition) is 5. The van der Waals surface area contributed by atoms with Gasteiger partial charge >= 0.3 is 0 Å². The van der Waals surface area contributed by atoms with Crippen molar-refractivity contribution in [3.8, 4) is 11.3 Å². The number of furan rings is 1. The van der Waals surface area contributed by atoms with Gasteiger partial charge in [0, 0.05) is 12.7 Å². The average Bonchev–Trinajstić information content (AvgIpc) is 2.88. The summed E-state index contributed by atoms with van der Waals surface area (Å²) in [5.74, 6) is 0.901. The summed E-state index contributed by atoms with van der Waals surface area (Å²) in [5, 5.41) is 19.8. The topological polar surface area (TPSA) is 103 Å². The first-order valence-electron chi connectivity index (χ1n) is 5.83. The molecule has 6 nitrogen and oxygen atoms in total. The Balaban J connectivity index is 2.35. The van der Waals surface area contributed by atoms with E-state index in [1.54, 1.807) is 30.3 Å². The number of rotatable bonds is 5. The summed E-state index contributed by atoms with van der Waals surface area (Å²) in [6.45, 7) is -0.0390. The Bertz CT molecular complexity index is 580. The minimum atomic E-state index is -0.453. The molecule has 2 aromatic rings. The molecule has 19 heavy (non-hydrogen) atoms. The summed E-state index contributed by atoms with van der Waals surface area (Å²) in [7, 11) is 0. The fourth-order valence-corrected chi connectivity index (χ4v) is 1.82. The molecule has 2 rings (SSSR count). The third-order valence-corrected chi connectivity index (χ3v) is 2.80. The van der Waals surface area contributed by atoms with E-state index < -0.39 is 11.0 Å². The van der Waals surface area contributed by atoms with Gasteiger partial charge in [0.15, 0.2) is 0 Å². The van der Waals surface area contributed by atoms with Gasteiger partial charge in [0.1, 0.15) is 11.5 Å². The van der Waals surface area contributed by atoms with Crippen LogP contribution in [0.3, 0.4) is 0 Å². The zero-order valence-electron chi connectivity index (χ0n) is 10.2. The molecule has 0 bridgehead atoms. The van der Waals surface area contributed by atoms with Crippen LogP contribution in [0.5, 0.6) is 0 Å². The van der Waals surface area contributed by atoms with E-state index in [1.807, 2.05) is 0 Å². The van der Waals surface area contributed by atoms with E-state index >= 15 is 0 Å². The van der Waals surface area contributed by atoms with Crippen molar-refractivity contribution in [2.24, 2.45) is 5.73 Å². The van der Waals surface area contributed by atoms with Crippen LogP contribution in [0.4, 0.5) is 5.69 Å². The van der Waals surface area contributed by atoms with Crippen LogP contribution in [0, 0.1) is 10.1 Å². The molecule has 0 saturated carbocycles. The molecule has 1 aromatic carbocycles. The number of aliphatic hydroxyl groups excluding tert-OH is 1. The van der Waals surface area contributed by atoms with Crippen LogP contribution in [0.15, 0.2) is 40.8 Å². The van der Waals surface area contributed by atoms with Crippen molar-refractivity contribution in [1.29, 1.82) is 0 Å². The van der Waals surface area contributed by atoms with Crippen molar-refractivity contribution >= 4 is 5.69 Å². The molecule has 1 atom stereocenters. The van der Waals surface area contributed by atoms with Crippen molar-refractivity contribution < 1.29 is 14.4 Å². The molecular formula is C13H14N2O4. The van der Waals surface area contributed by atoms with Gasteiger partial charge in [0.25, 0.3) is 5.69 Å². The number of para-hydroxylation sites is 1. The molecule has 6 heteroatoms. The van der Waals surface area contributed by atoms with Crippen molar-refractivity contribution in [2.75, 3.05) is 6.61 Å². The summed E-state index contributed by atoms with van der Waals surface area (Å²) >= 11 is 0. The Morgan fingerprint density at radius 1 is 1.32 bits per heavy atom. The van der Waals surface area contributed by atoms with Gasteiger partial charge in [-0.1, -0.05) is 12.1 Å². The third-order valence-electron chi connectivity index (χ3n) is 2.80. The quantitative estimate of drug-likeness (QED) is 0.635. The van der Waals surface area contributed by atoms with Crippen LogP contribution < -0.4 is 5.73 Å². The number of hydrogen-bond donors (Lipinski definition) is 2. The molecule has 1 heterocycles. The maximum atomic E-state index is 10.9.